The molecule has 1 aliphatic rings. The number of nitrogens with zero attached hydrogens (tertiary/aromatic N) is 4. The number of thiazole rings is 1. The molecule has 1 aliphatic heterocycles. The summed E-state index contributed by atoms with van der Waals surface area (Å²) in [5.74, 6) is 2.05. The first-order valence-electron chi connectivity index (χ1n) is 9.95. The SMILES string of the molecule is Cc1cc(Nc2cc3nc(-c4ccncc4C)sc3cn2)nc(O[C@H]2CCNC2)c1. The summed E-state index contributed by atoms with van der Waals surface area (Å²) in [6.45, 7) is 5.93. The van der Waals surface area contributed by atoms with Gasteiger partial charge in [0.15, 0.2) is 0 Å². The van der Waals surface area contributed by atoms with Gasteiger partial charge in [-0.25, -0.2) is 9.97 Å². The number of hydrogen-bond donors (Lipinski definition) is 2. The van der Waals surface area contributed by atoms with Gasteiger partial charge in [-0.1, -0.05) is 0 Å². The van der Waals surface area contributed by atoms with Crippen molar-refractivity contribution < 1.29 is 4.74 Å². The summed E-state index contributed by atoms with van der Waals surface area (Å²) in [6, 6.07) is 7.90. The van der Waals surface area contributed by atoms with Gasteiger partial charge in [0.1, 0.15) is 22.7 Å². The van der Waals surface area contributed by atoms with Crippen molar-refractivity contribution in [1.29, 1.82) is 0 Å². The maximum Gasteiger partial charge on any atom is 0.215 e. The molecule has 0 amide bonds. The van der Waals surface area contributed by atoms with E-state index in [1.165, 1.54) is 0 Å². The van der Waals surface area contributed by atoms with E-state index in [0.29, 0.717) is 17.5 Å². The summed E-state index contributed by atoms with van der Waals surface area (Å²) < 4.78 is 7.06. The number of nitrogens with one attached hydrogen (secondary N) is 2. The van der Waals surface area contributed by atoms with Gasteiger partial charge in [-0.05, 0) is 50.1 Å². The van der Waals surface area contributed by atoms with Crippen LogP contribution in [0.4, 0.5) is 11.6 Å². The van der Waals surface area contributed by atoms with Crippen LogP contribution >= 0.6 is 11.3 Å². The van der Waals surface area contributed by atoms with Crippen molar-refractivity contribution in [2.75, 3.05) is 18.4 Å². The highest BCUT2D eigenvalue weighted by Gasteiger charge is 2.17. The zero-order valence-corrected chi connectivity index (χ0v) is 17.7. The minimum absolute atomic E-state index is 0.173. The second-order valence-corrected chi connectivity index (χ2v) is 8.50. The first-order valence-corrected chi connectivity index (χ1v) is 10.8. The second-order valence-electron chi connectivity index (χ2n) is 7.47. The van der Waals surface area contributed by atoms with Gasteiger partial charge in [0.2, 0.25) is 5.88 Å². The van der Waals surface area contributed by atoms with Gasteiger partial charge in [-0.3, -0.25) is 4.98 Å². The smallest absolute Gasteiger partial charge is 0.215 e. The fourth-order valence-corrected chi connectivity index (χ4v) is 4.53. The third kappa shape index (κ3) is 3.96. The number of pyridine rings is 3. The highest BCUT2D eigenvalue weighted by molar-refractivity contribution is 7.21. The largest absolute Gasteiger partial charge is 0.473 e. The minimum atomic E-state index is 0.173. The van der Waals surface area contributed by atoms with E-state index >= 15 is 0 Å². The lowest BCUT2D eigenvalue weighted by Gasteiger charge is -2.13. The standard InChI is InChI=1S/C22H22N6OS/c1-13-7-20(28-21(8-13)29-15-3-5-24-11-15)27-19-9-17-18(12-25-19)30-22(26-17)16-4-6-23-10-14(16)2/h4,6-10,12,15,24H,3,5,11H2,1-2H3,(H,25,27,28)/t15-/m0/s1. The Morgan fingerprint density at radius 1 is 1.13 bits per heavy atom. The quantitative estimate of drug-likeness (QED) is 0.501. The third-order valence-electron chi connectivity index (χ3n) is 5.03. The molecule has 0 aromatic carbocycles. The lowest BCUT2D eigenvalue weighted by Crippen LogP contribution is -2.20. The van der Waals surface area contributed by atoms with E-state index in [-0.39, 0.29) is 6.10 Å². The first-order chi connectivity index (χ1) is 14.6. The predicted octanol–water partition coefficient (Wildman–Crippen LogP) is 4.25. The topological polar surface area (TPSA) is 84.9 Å². The lowest BCUT2D eigenvalue weighted by atomic mass is 10.2. The second kappa shape index (κ2) is 7.97. The Bertz CT molecular complexity index is 1200. The third-order valence-corrected chi connectivity index (χ3v) is 6.07. The molecule has 5 heterocycles. The summed E-state index contributed by atoms with van der Waals surface area (Å²) in [5.41, 5.74) is 4.20. The molecule has 0 bridgehead atoms. The maximum atomic E-state index is 6.02. The molecule has 4 aromatic rings. The lowest BCUT2D eigenvalue weighted by molar-refractivity contribution is 0.214. The molecule has 1 atom stereocenters. The zero-order chi connectivity index (χ0) is 20.5. The van der Waals surface area contributed by atoms with Gasteiger partial charge in [-0.2, -0.15) is 4.98 Å². The van der Waals surface area contributed by atoms with Gasteiger partial charge < -0.3 is 15.4 Å². The maximum absolute atomic E-state index is 6.02. The molecule has 7 nitrogen and oxygen atoms in total. The number of anilines is 2. The van der Waals surface area contributed by atoms with Crippen LogP contribution in [-0.4, -0.2) is 39.1 Å². The summed E-state index contributed by atoms with van der Waals surface area (Å²) in [4.78, 5) is 18.1. The van der Waals surface area contributed by atoms with Crippen molar-refractivity contribution >= 4 is 33.2 Å². The molecular formula is C22H22N6OS. The summed E-state index contributed by atoms with van der Waals surface area (Å²) in [5, 5.41) is 7.58. The van der Waals surface area contributed by atoms with Crippen LogP contribution in [0.15, 0.2) is 42.9 Å². The number of hydrogen-bond acceptors (Lipinski definition) is 8. The van der Waals surface area contributed by atoms with E-state index < -0.39 is 0 Å². The van der Waals surface area contributed by atoms with E-state index in [2.05, 4.69) is 25.6 Å². The first kappa shape index (κ1) is 18.9. The Balaban J connectivity index is 1.40. The van der Waals surface area contributed by atoms with Crippen LogP contribution in [0.1, 0.15) is 17.5 Å². The van der Waals surface area contributed by atoms with Crippen molar-refractivity contribution in [1.82, 2.24) is 25.3 Å². The molecular weight excluding hydrogens is 396 g/mol. The van der Waals surface area contributed by atoms with Gasteiger partial charge in [0.25, 0.3) is 0 Å². The molecule has 0 radical (unpaired) electrons. The van der Waals surface area contributed by atoms with Crippen molar-refractivity contribution in [2.24, 2.45) is 0 Å². The molecule has 0 aliphatic carbocycles. The minimum Gasteiger partial charge on any atom is -0.473 e. The van der Waals surface area contributed by atoms with Crippen LogP contribution in [0, 0.1) is 13.8 Å². The van der Waals surface area contributed by atoms with E-state index in [4.69, 9.17) is 9.72 Å². The monoisotopic (exact) mass is 418 g/mol. The number of aryl methyl sites for hydroxylation is 2. The van der Waals surface area contributed by atoms with Gasteiger partial charge in [0, 0.05) is 42.8 Å². The van der Waals surface area contributed by atoms with Crippen molar-refractivity contribution in [3.8, 4) is 16.5 Å². The number of aromatic nitrogens is 4. The Kier molecular flexibility index (Phi) is 5.02. The fraction of sp³-hybridized carbons (Fsp3) is 0.273. The van der Waals surface area contributed by atoms with Gasteiger partial charge in [0.05, 0.1) is 10.2 Å². The normalized spacial score (nSPS) is 16.1. The highest BCUT2D eigenvalue weighted by Crippen LogP contribution is 2.32. The van der Waals surface area contributed by atoms with Gasteiger partial charge in [-0.15, -0.1) is 11.3 Å². The molecule has 5 rings (SSSR count). The summed E-state index contributed by atoms with van der Waals surface area (Å²) in [6.07, 6.45) is 6.68. The van der Waals surface area contributed by atoms with Gasteiger partial charge >= 0.3 is 0 Å². The number of rotatable bonds is 5. The molecule has 1 saturated heterocycles. The van der Waals surface area contributed by atoms with Crippen molar-refractivity contribution in [3.63, 3.8) is 0 Å². The molecule has 0 unspecified atom stereocenters. The zero-order valence-electron chi connectivity index (χ0n) is 16.8. The molecule has 4 aromatic heterocycles. The number of fused-ring (bicyclic) bond motifs is 1. The molecule has 8 heteroatoms. The van der Waals surface area contributed by atoms with E-state index in [9.17, 15) is 0 Å². The van der Waals surface area contributed by atoms with Crippen molar-refractivity contribution in [3.05, 3.63) is 54.0 Å². The highest BCUT2D eigenvalue weighted by atomic mass is 32.1. The Morgan fingerprint density at radius 2 is 2.07 bits per heavy atom. The van der Waals surface area contributed by atoms with Crippen LogP contribution in [0.25, 0.3) is 20.8 Å². The average molecular weight is 419 g/mol. The van der Waals surface area contributed by atoms with Crippen molar-refractivity contribution in [2.45, 2.75) is 26.4 Å². The molecule has 1 fully saturated rings. The van der Waals surface area contributed by atoms with E-state index in [0.717, 1.165) is 51.4 Å². The van der Waals surface area contributed by atoms with E-state index in [1.54, 1.807) is 17.5 Å². The Morgan fingerprint density at radius 3 is 2.90 bits per heavy atom. The molecule has 152 valence electrons. The number of ether oxygens (including phenoxy) is 1. The molecule has 0 saturated carbocycles. The Labute approximate surface area is 178 Å². The predicted molar refractivity (Wildman–Crippen MR) is 120 cm³/mol. The van der Waals surface area contributed by atoms with Crippen LogP contribution in [-0.2, 0) is 0 Å². The molecule has 30 heavy (non-hydrogen) atoms. The Hall–Kier alpha value is -3.10. The fourth-order valence-electron chi connectivity index (χ4n) is 3.52. The average Bonchev–Trinajstić information content (AvgIpc) is 3.37. The molecule has 2 N–H and O–H groups in total. The van der Waals surface area contributed by atoms with Crippen LogP contribution < -0.4 is 15.4 Å². The molecule has 0 spiro atoms. The summed E-state index contributed by atoms with van der Waals surface area (Å²) in [7, 11) is 0. The van der Waals surface area contributed by atoms with E-state index in [1.807, 2.05) is 50.5 Å². The van der Waals surface area contributed by atoms with Crippen LogP contribution in [0.3, 0.4) is 0 Å². The van der Waals surface area contributed by atoms with Crippen LogP contribution in [0.5, 0.6) is 5.88 Å². The summed E-state index contributed by atoms with van der Waals surface area (Å²) >= 11 is 1.63. The van der Waals surface area contributed by atoms with Crippen LogP contribution in [0.2, 0.25) is 0 Å².